The summed E-state index contributed by atoms with van der Waals surface area (Å²) in [4.78, 5) is 6.35. The van der Waals surface area contributed by atoms with E-state index in [0.29, 0.717) is 6.67 Å². The molecule has 3 heterocycles. The maximum absolute atomic E-state index is 6.06. The average Bonchev–Trinajstić information content (AvgIpc) is 3.27. The molecule has 156 valence electrons. The predicted octanol–water partition coefficient (Wildman–Crippen LogP) is 5.28. The van der Waals surface area contributed by atoms with Crippen LogP contribution in [0.15, 0.2) is 53.2 Å². The molecule has 30 heavy (non-hydrogen) atoms. The summed E-state index contributed by atoms with van der Waals surface area (Å²) in [5.74, 6) is 1.93. The largest absolute Gasteiger partial charge is 0.461 e. The number of fused-ring (bicyclic) bond motifs is 1. The van der Waals surface area contributed by atoms with Crippen molar-refractivity contribution in [3.63, 3.8) is 0 Å². The van der Waals surface area contributed by atoms with E-state index in [1.807, 2.05) is 28.9 Å². The van der Waals surface area contributed by atoms with Crippen molar-refractivity contribution in [3.05, 3.63) is 64.9 Å². The summed E-state index contributed by atoms with van der Waals surface area (Å²) < 4.78 is 10.8. The van der Waals surface area contributed by atoms with E-state index in [-0.39, 0.29) is 0 Å². The Morgan fingerprint density at radius 1 is 1.10 bits per heavy atom. The zero-order chi connectivity index (χ0) is 21.1. The van der Waals surface area contributed by atoms with Gasteiger partial charge >= 0.3 is 0 Å². The third-order valence-corrected chi connectivity index (χ3v) is 5.65. The first-order chi connectivity index (χ1) is 14.6. The van der Waals surface area contributed by atoms with Crippen molar-refractivity contribution in [1.29, 1.82) is 0 Å². The standard InChI is InChI=1S/C23H27N5OS/c1-4-14-27-22(17-10-12-24-13-11-17)25-28(23(27)30)16-26(3)15-19-18-8-6-7-9-21(18)29-20(19)5-2/h6-13H,4-5,14-16H2,1-3H3. The van der Waals surface area contributed by atoms with Crippen molar-refractivity contribution < 1.29 is 4.42 Å². The summed E-state index contributed by atoms with van der Waals surface area (Å²) in [6, 6.07) is 12.2. The Hall–Kier alpha value is -2.77. The van der Waals surface area contributed by atoms with Gasteiger partial charge in [0.05, 0.1) is 6.67 Å². The van der Waals surface area contributed by atoms with E-state index < -0.39 is 0 Å². The van der Waals surface area contributed by atoms with Crippen LogP contribution in [0.25, 0.3) is 22.4 Å². The minimum absolute atomic E-state index is 0.607. The van der Waals surface area contributed by atoms with Crippen LogP contribution in [0.3, 0.4) is 0 Å². The highest BCUT2D eigenvalue weighted by atomic mass is 32.1. The number of hydrogen-bond donors (Lipinski definition) is 0. The Morgan fingerprint density at radius 3 is 2.60 bits per heavy atom. The van der Waals surface area contributed by atoms with E-state index in [0.717, 1.165) is 53.4 Å². The number of hydrogen-bond acceptors (Lipinski definition) is 5. The highest BCUT2D eigenvalue weighted by molar-refractivity contribution is 7.71. The SMILES string of the molecule is CCCn1c(-c2ccncc2)nn(CN(C)Cc2c(CC)oc3ccccc23)c1=S. The molecule has 0 radical (unpaired) electrons. The number of furan rings is 1. The van der Waals surface area contributed by atoms with E-state index in [9.17, 15) is 0 Å². The fourth-order valence-corrected chi connectivity index (χ4v) is 4.11. The lowest BCUT2D eigenvalue weighted by atomic mass is 10.1. The molecule has 4 rings (SSSR count). The van der Waals surface area contributed by atoms with Gasteiger partial charge in [0.1, 0.15) is 11.3 Å². The first-order valence-corrected chi connectivity index (χ1v) is 10.8. The molecule has 6 nitrogen and oxygen atoms in total. The molecule has 4 aromatic rings. The van der Waals surface area contributed by atoms with E-state index in [1.165, 1.54) is 10.9 Å². The molecule has 0 aliphatic rings. The van der Waals surface area contributed by atoms with Gasteiger partial charge in [0, 0.05) is 48.4 Å². The van der Waals surface area contributed by atoms with E-state index in [2.05, 4.69) is 47.5 Å². The number of aryl methyl sites for hydroxylation is 1. The second-order valence-corrected chi connectivity index (χ2v) is 7.87. The van der Waals surface area contributed by atoms with Crippen LogP contribution >= 0.6 is 12.2 Å². The highest BCUT2D eigenvalue weighted by Crippen LogP contribution is 2.27. The molecule has 0 N–H and O–H groups in total. The van der Waals surface area contributed by atoms with Gasteiger partial charge in [0.2, 0.25) is 0 Å². The lowest BCUT2D eigenvalue weighted by Gasteiger charge is -2.16. The van der Waals surface area contributed by atoms with Gasteiger partial charge in [0.15, 0.2) is 10.6 Å². The van der Waals surface area contributed by atoms with Crippen LogP contribution in [0, 0.1) is 4.77 Å². The molecule has 0 bridgehead atoms. The van der Waals surface area contributed by atoms with Crippen LogP contribution in [0.1, 0.15) is 31.6 Å². The van der Waals surface area contributed by atoms with Gasteiger partial charge in [0.25, 0.3) is 0 Å². The average molecular weight is 422 g/mol. The van der Waals surface area contributed by atoms with Crippen molar-refractivity contribution in [1.82, 2.24) is 24.2 Å². The minimum atomic E-state index is 0.607. The maximum atomic E-state index is 6.06. The molecule has 3 aromatic heterocycles. The summed E-state index contributed by atoms with van der Waals surface area (Å²) in [6.07, 6.45) is 5.44. The number of aromatic nitrogens is 4. The molecule has 0 saturated heterocycles. The van der Waals surface area contributed by atoms with Crippen molar-refractivity contribution in [2.75, 3.05) is 7.05 Å². The molecular formula is C23H27N5OS. The van der Waals surface area contributed by atoms with Gasteiger partial charge in [-0.1, -0.05) is 32.0 Å². The quantitative estimate of drug-likeness (QED) is 0.362. The predicted molar refractivity (Wildman–Crippen MR) is 122 cm³/mol. The topological polar surface area (TPSA) is 52.0 Å². The van der Waals surface area contributed by atoms with Crippen LogP contribution < -0.4 is 0 Å². The molecule has 0 aliphatic carbocycles. The Kier molecular flexibility index (Phi) is 6.11. The Bertz CT molecular complexity index is 1190. The molecule has 0 aliphatic heterocycles. The number of rotatable bonds is 8. The maximum Gasteiger partial charge on any atom is 0.199 e. The highest BCUT2D eigenvalue weighted by Gasteiger charge is 2.17. The van der Waals surface area contributed by atoms with Crippen LogP contribution in [0.2, 0.25) is 0 Å². The number of benzene rings is 1. The van der Waals surface area contributed by atoms with Gasteiger partial charge in [-0.15, -0.1) is 0 Å². The smallest absolute Gasteiger partial charge is 0.199 e. The second-order valence-electron chi connectivity index (χ2n) is 7.50. The Morgan fingerprint density at radius 2 is 1.87 bits per heavy atom. The van der Waals surface area contributed by atoms with Crippen molar-refractivity contribution in [3.8, 4) is 11.4 Å². The van der Waals surface area contributed by atoms with Crippen LogP contribution in [0.4, 0.5) is 0 Å². The first-order valence-electron chi connectivity index (χ1n) is 10.4. The number of pyridine rings is 1. The zero-order valence-electron chi connectivity index (χ0n) is 17.7. The molecule has 7 heteroatoms. The van der Waals surface area contributed by atoms with Gasteiger partial charge < -0.3 is 4.42 Å². The summed E-state index contributed by atoms with van der Waals surface area (Å²) in [6.45, 7) is 6.50. The van der Waals surface area contributed by atoms with Crippen molar-refractivity contribution >= 4 is 23.2 Å². The summed E-state index contributed by atoms with van der Waals surface area (Å²) >= 11 is 5.77. The molecule has 0 saturated carbocycles. The second kappa shape index (κ2) is 8.93. The molecule has 0 fully saturated rings. The molecule has 0 spiro atoms. The lowest BCUT2D eigenvalue weighted by Crippen LogP contribution is -2.23. The van der Waals surface area contributed by atoms with Gasteiger partial charge in [-0.25, -0.2) is 4.68 Å². The van der Waals surface area contributed by atoms with Gasteiger partial charge in [-0.05, 0) is 43.9 Å². The van der Waals surface area contributed by atoms with Gasteiger partial charge in [-0.3, -0.25) is 14.5 Å². The summed E-state index contributed by atoms with van der Waals surface area (Å²) in [5, 5.41) is 6.03. The van der Waals surface area contributed by atoms with Crippen LogP contribution in [0.5, 0.6) is 0 Å². The van der Waals surface area contributed by atoms with Gasteiger partial charge in [-0.2, -0.15) is 5.10 Å². The summed E-state index contributed by atoms with van der Waals surface area (Å²) in [5.41, 5.74) is 3.21. The number of nitrogens with zero attached hydrogens (tertiary/aromatic N) is 5. The fraction of sp³-hybridized carbons (Fsp3) is 0.348. The fourth-order valence-electron chi connectivity index (χ4n) is 3.83. The molecule has 0 unspecified atom stereocenters. The summed E-state index contributed by atoms with van der Waals surface area (Å²) in [7, 11) is 2.09. The third kappa shape index (κ3) is 3.95. The number of para-hydroxylation sites is 1. The van der Waals surface area contributed by atoms with E-state index in [1.54, 1.807) is 12.4 Å². The minimum Gasteiger partial charge on any atom is -0.461 e. The lowest BCUT2D eigenvalue weighted by molar-refractivity contribution is 0.242. The van der Waals surface area contributed by atoms with Crippen molar-refractivity contribution in [2.24, 2.45) is 0 Å². The van der Waals surface area contributed by atoms with Crippen molar-refractivity contribution in [2.45, 2.75) is 46.4 Å². The van der Waals surface area contributed by atoms with E-state index in [4.69, 9.17) is 21.7 Å². The molecule has 0 atom stereocenters. The Balaban J connectivity index is 1.63. The van der Waals surface area contributed by atoms with Crippen LogP contribution in [-0.2, 0) is 26.2 Å². The Labute approximate surface area is 181 Å². The normalized spacial score (nSPS) is 11.6. The molecule has 1 aromatic carbocycles. The molecular weight excluding hydrogens is 394 g/mol. The van der Waals surface area contributed by atoms with Crippen LogP contribution in [-0.4, -0.2) is 31.3 Å². The first kappa shape index (κ1) is 20.5. The zero-order valence-corrected chi connectivity index (χ0v) is 18.5. The monoisotopic (exact) mass is 421 g/mol. The third-order valence-electron chi connectivity index (χ3n) is 5.21. The van der Waals surface area contributed by atoms with E-state index >= 15 is 0 Å². The molecule has 0 amide bonds.